The van der Waals surface area contributed by atoms with Crippen LogP contribution in [0.15, 0.2) is 31.2 Å². The third-order valence-electron chi connectivity index (χ3n) is 1.88. The molecular weight excluding hydrogens is 194 g/mol. The lowest BCUT2D eigenvalue weighted by Gasteiger charge is -2.23. The Labute approximate surface area is 88.7 Å². The standard InChI is InChI=1S/C10H15N3O2/c1-2-5-13(6-9(15)7-14)10-3-4-11-8-12-10/h2-4,8-9,14-15H,1,5-7H2. The Hall–Kier alpha value is -1.46. The highest BCUT2D eigenvalue weighted by atomic mass is 16.3. The van der Waals surface area contributed by atoms with Gasteiger partial charge in [0.1, 0.15) is 12.1 Å². The van der Waals surface area contributed by atoms with Gasteiger partial charge >= 0.3 is 0 Å². The number of nitrogens with zero attached hydrogens (tertiary/aromatic N) is 3. The molecule has 2 N–H and O–H groups in total. The number of aliphatic hydroxyl groups is 2. The molecule has 0 aliphatic carbocycles. The molecule has 0 fully saturated rings. The zero-order chi connectivity index (χ0) is 11.1. The summed E-state index contributed by atoms with van der Waals surface area (Å²) in [5.74, 6) is 0.706. The third-order valence-corrected chi connectivity index (χ3v) is 1.88. The molecule has 0 aromatic carbocycles. The highest BCUT2D eigenvalue weighted by Gasteiger charge is 2.10. The van der Waals surface area contributed by atoms with Crippen LogP contribution in [0.25, 0.3) is 0 Å². The highest BCUT2D eigenvalue weighted by Crippen LogP contribution is 2.08. The van der Waals surface area contributed by atoms with Crippen LogP contribution in [0.5, 0.6) is 0 Å². The second-order valence-corrected chi connectivity index (χ2v) is 3.10. The Morgan fingerprint density at radius 2 is 2.40 bits per heavy atom. The molecule has 0 saturated carbocycles. The van der Waals surface area contributed by atoms with Gasteiger partial charge in [0.2, 0.25) is 0 Å². The lowest BCUT2D eigenvalue weighted by Crippen LogP contribution is -2.35. The van der Waals surface area contributed by atoms with Crippen molar-refractivity contribution in [2.24, 2.45) is 0 Å². The fourth-order valence-electron chi connectivity index (χ4n) is 1.20. The first kappa shape index (κ1) is 11.6. The maximum absolute atomic E-state index is 9.35. The topological polar surface area (TPSA) is 69.5 Å². The Bertz CT molecular complexity index is 292. The van der Waals surface area contributed by atoms with Crippen LogP contribution in [0.4, 0.5) is 5.82 Å². The quantitative estimate of drug-likeness (QED) is 0.636. The number of aliphatic hydroxyl groups excluding tert-OH is 2. The summed E-state index contributed by atoms with van der Waals surface area (Å²) in [5.41, 5.74) is 0. The van der Waals surface area contributed by atoms with Gasteiger partial charge in [-0.25, -0.2) is 9.97 Å². The molecule has 0 aliphatic heterocycles. The lowest BCUT2D eigenvalue weighted by molar-refractivity contribution is 0.100. The van der Waals surface area contributed by atoms with Gasteiger partial charge in [0.25, 0.3) is 0 Å². The van der Waals surface area contributed by atoms with Gasteiger partial charge in [0.15, 0.2) is 0 Å². The highest BCUT2D eigenvalue weighted by molar-refractivity contribution is 5.37. The predicted molar refractivity (Wildman–Crippen MR) is 57.5 cm³/mol. The smallest absolute Gasteiger partial charge is 0.132 e. The number of aromatic nitrogens is 2. The Balaban J connectivity index is 2.69. The van der Waals surface area contributed by atoms with Crippen LogP contribution in [-0.2, 0) is 0 Å². The first-order valence-corrected chi connectivity index (χ1v) is 4.68. The monoisotopic (exact) mass is 209 g/mol. The maximum Gasteiger partial charge on any atom is 0.132 e. The van der Waals surface area contributed by atoms with E-state index in [1.54, 1.807) is 18.3 Å². The molecule has 0 bridgehead atoms. The lowest BCUT2D eigenvalue weighted by atomic mass is 10.3. The van der Waals surface area contributed by atoms with Crippen molar-refractivity contribution in [3.8, 4) is 0 Å². The van der Waals surface area contributed by atoms with Gasteiger partial charge in [-0.2, -0.15) is 0 Å². The SMILES string of the molecule is C=CCN(CC(O)CO)c1ccncn1. The Kier molecular flexibility index (Phi) is 4.73. The Morgan fingerprint density at radius 1 is 1.60 bits per heavy atom. The van der Waals surface area contributed by atoms with Crippen molar-refractivity contribution in [3.63, 3.8) is 0 Å². The summed E-state index contributed by atoms with van der Waals surface area (Å²) >= 11 is 0. The molecule has 1 aromatic heterocycles. The molecule has 1 unspecified atom stereocenters. The van der Waals surface area contributed by atoms with E-state index in [0.717, 1.165) is 0 Å². The number of hydrogen-bond donors (Lipinski definition) is 2. The summed E-state index contributed by atoms with van der Waals surface area (Å²) in [7, 11) is 0. The van der Waals surface area contributed by atoms with Crippen LogP contribution < -0.4 is 4.90 Å². The van der Waals surface area contributed by atoms with E-state index >= 15 is 0 Å². The first-order valence-electron chi connectivity index (χ1n) is 4.68. The van der Waals surface area contributed by atoms with Crippen LogP contribution in [0.1, 0.15) is 0 Å². The van der Waals surface area contributed by atoms with Crippen LogP contribution in [0.3, 0.4) is 0 Å². The summed E-state index contributed by atoms with van der Waals surface area (Å²) < 4.78 is 0. The summed E-state index contributed by atoms with van der Waals surface area (Å²) in [5, 5.41) is 18.1. The molecule has 0 radical (unpaired) electrons. The number of hydrogen-bond acceptors (Lipinski definition) is 5. The minimum absolute atomic E-state index is 0.265. The zero-order valence-corrected chi connectivity index (χ0v) is 8.45. The summed E-state index contributed by atoms with van der Waals surface area (Å²) in [6.07, 6.45) is 4.01. The second-order valence-electron chi connectivity index (χ2n) is 3.10. The molecular formula is C10H15N3O2. The number of rotatable bonds is 6. The van der Waals surface area contributed by atoms with Crippen molar-refractivity contribution in [1.82, 2.24) is 9.97 Å². The van der Waals surface area contributed by atoms with E-state index in [1.807, 2.05) is 4.90 Å². The molecule has 5 heteroatoms. The van der Waals surface area contributed by atoms with Crippen LogP contribution >= 0.6 is 0 Å². The average Bonchev–Trinajstić information content (AvgIpc) is 2.29. The van der Waals surface area contributed by atoms with Gasteiger partial charge in [0, 0.05) is 19.3 Å². The molecule has 1 heterocycles. The molecule has 15 heavy (non-hydrogen) atoms. The summed E-state index contributed by atoms with van der Waals surface area (Å²) in [6.45, 7) is 4.25. The van der Waals surface area contributed by atoms with E-state index in [-0.39, 0.29) is 6.61 Å². The van der Waals surface area contributed by atoms with E-state index in [4.69, 9.17) is 5.11 Å². The molecule has 1 rings (SSSR count). The van der Waals surface area contributed by atoms with E-state index in [0.29, 0.717) is 18.9 Å². The van der Waals surface area contributed by atoms with Crippen LogP contribution in [0, 0.1) is 0 Å². The van der Waals surface area contributed by atoms with Crippen molar-refractivity contribution in [1.29, 1.82) is 0 Å². The molecule has 5 nitrogen and oxygen atoms in total. The van der Waals surface area contributed by atoms with Crippen molar-refractivity contribution < 1.29 is 10.2 Å². The fourth-order valence-corrected chi connectivity index (χ4v) is 1.20. The maximum atomic E-state index is 9.35. The zero-order valence-electron chi connectivity index (χ0n) is 8.45. The van der Waals surface area contributed by atoms with E-state index in [1.165, 1.54) is 6.33 Å². The van der Waals surface area contributed by atoms with Gasteiger partial charge in [-0.05, 0) is 6.07 Å². The molecule has 0 amide bonds. The minimum Gasteiger partial charge on any atom is -0.394 e. The van der Waals surface area contributed by atoms with Crippen LogP contribution in [0.2, 0.25) is 0 Å². The van der Waals surface area contributed by atoms with Crippen molar-refractivity contribution in [2.75, 3.05) is 24.6 Å². The van der Waals surface area contributed by atoms with Gasteiger partial charge in [-0.1, -0.05) is 6.08 Å². The molecule has 0 spiro atoms. The number of anilines is 1. The first-order chi connectivity index (χ1) is 7.27. The summed E-state index contributed by atoms with van der Waals surface area (Å²) in [4.78, 5) is 9.69. The molecule has 0 aliphatic rings. The van der Waals surface area contributed by atoms with E-state index in [2.05, 4.69) is 16.5 Å². The van der Waals surface area contributed by atoms with Crippen molar-refractivity contribution in [2.45, 2.75) is 6.10 Å². The normalized spacial score (nSPS) is 12.1. The summed E-state index contributed by atoms with van der Waals surface area (Å²) in [6, 6.07) is 1.74. The van der Waals surface area contributed by atoms with Gasteiger partial charge in [-0.3, -0.25) is 0 Å². The van der Waals surface area contributed by atoms with Gasteiger partial charge in [0.05, 0.1) is 12.7 Å². The van der Waals surface area contributed by atoms with Crippen molar-refractivity contribution in [3.05, 3.63) is 31.2 Å². The molecule has 82 valence electrons. The van der Waals surface area contributed by atoms with Gasteiger partial charge in [-0.15, -0.1) is 6.58 Å². The predicted octanol–water partition coefficient (Wildman–Crippen LogP) is -0.178. The van der Waals surface area contributed by atoms with Crippen LogP contribution in [-0.4, -0.2) is 46.0 Å². The van der Waals surface area contributed by atoms with Crippen molar-refractivity contribution >= 4 is 5.82 Å². The third kappa shape index (κ3) is 3.65. The second kappa shape index (κ2) is 6.10. The Morgan fingerprint density at radius 3 is 2.93 bits per heavy atom. The average molecular weight is 209 g/mol. The molecule has 0 saturated heterocycles. The van der Waals surface area contributed by atoms with E-state index < -0.39 is 6.10 Å². The largest absolute Gasteiger partial charge is 0.394 e. The molecule has 1 atom stereocenters. The van der Waals surface area contributed by atoms with E-state index in [9.17, 15) is 5.11 Å². The minimum atomic E-state index is -0.778. The fraction of sp³-hybridized carbons (Fsp3) is 0.400. The van der Waals surface area contributed by atoms with Gasteiger partial charge < -0.3 is 15.1 Å². The molecule has 1 aromatic rings.